The molecule has 17 heavy (non-hydrogen) atoms. The number of rotatable bonds is 7. The first kappa shape index (κ1) is 15.0. The molecule has 0 aromatic carbocycles. The molecule has 0 heterocycles. The van der Waals surface area contributed by atoms with Crippen LogP contribution in [-0.4, -0.2) is 25.3 Å². The van der Waals surface area contributed by atoms with Gasteiger partial charge in [-0.1, -0.05) is 39.5 Å². The Morgan fingerprint density at radius 1 is 1.41 bits per heavy atom. The summed E-state index contributed by atoms with van der Waals surface area (Å²) in [6.07, 6.45) is 8.99. The van der Waals surface area contributed by atoms with Crippen LogP contribution < -0.4 is 5.32 Å². The molecular formula is C15H31NO. The number of ether oxygens (including phenoxy) is 1. The van der Waals surface area contributed by atoms with Gasteiger partial charge in [-0.2, -0.15) is 0 Å². The van der Waals surface area contributed by atoms with Crippen molar-refractivity contribution in [1.82, 2.24) is 5.32 Å². The van der Waals surface area contributed by atoms with Crippen molar-refractivity contribution in [1.29, 1.82) is 0 Å². The highest BCUT2D eigenvalue weighted by Crippen LogP contribution is 2.39. The summed E-state index contributed by atoms with van der Waals surface area (Å²) < 4.78 is 6.23. The molecule has 0 aromatic rings. The van der Waals surface area contributed by atoms with Crippen molar-refractivity contribution >= 4 is 0 Å². The second-order valence-electron chi connectivity index (χ2n) is 5.68. The summed E-state index contributed by atoms with van der Waals surface area (Å²) in [5, 5.41) is 3.53. The number of likely N-dealkylation sites (N-methyl/N-ethyl adjacent to an activating group) is 1. The van der Waals surface area contributed by atoms with Crippen LogP contribution in [0.4, 0.5) is 0 Å². The van der Waals surface area contributed by atoms with Gasteiger partial charge in [-0.05, 0) is 39.2 Å². The summed E-state index contributed by atoms with van der Waals surface area (Å²) in [4.78, 5) is 0. The molecular weight excluding hydrogens is 210 g/mol. The van der Waals surface area contributed by atoms with Crippen LogP contribution in [0.5, 0.6) is 0 Å². The highest BCUT2D eigenvalue weighted by atomic mass is 16.5. The molecule has 0 saturated heterocycles. The zero-order valence-electron chi connectivity index (χ0n) is 12.2. The van der Waals surface area contributed by atoms with Gasteiger partial charge in [0.2, 0.25) is 0 Å². The zero-order chi connectivity index (χ0) is 12.7. The maximum Gasteiger partial charge on any atom is 0.0837 e. The van der Waals surface area contributed by atoms with E-state index in [1.165, 1.54) is 44.9 Å². The molecule has 0 aliphatic heterocycles. The van der Waals surface area contributed by atoms with Gasteiger partial charge in [0.05, 0.1) is 5.60 Å². The minimum absolute atomic E-state index is 0.107. The number of nitrogens with one attached hydrogen (secondary N) is 1. The first-order valence-corrected chi connectivity index (χ1v) is 7.49. The Kier molecular flexibility index (Phi) is 6.50. The molecule has 0 radical (unpaired) electrons. The van der Waals surface area contributed by atoms with Crippen LogP contribution in [0.15, 0.2) is 0 Å². The molecule has 0 bridgehead atoms. The lowest BCUT2D eigenvalue weighted by Gasteiger charge is -2.45. The quantitative estimate of drug-likeness (QED) is 0.733. The first-order valence-electron chi connectivity index (χ1n) is 7.49. The van der Waals surface area contributed by atoms with E-state index >= 15 is 0 Å². The lowest BCUT2D eigenvalue weighted by molar-refractivity contribution is -0.101. The summed E-state index contributed by atoms with van der Waals surface area (Å²) in [6, 6.07) is 0.533. The van der Waals surface area contributed by atoms with E-state index in [-0.39, 0.29) is 5.60 Å². The van der Waals surface area contributed by atoms with E-state index in [0.29, 0.717) is 6.04 Å². The standard InChI is InChI=1S/C15H31NO/c1-5-7-10-14(16-4)15(17-6-2)11-8-9-13(3)12-15/h13-14,16H,5-12H2,1-4H3. The summed E-state index contributed by atoms with van der Waals surface area (Å²) in [7, 11) is 2.10. The van der Waals surface area contributed by atoms with E-state index in [4.69, 9.17) is 4.74 Å². The maximum atomic E-state index is 6.23. The second kappa shape index (κ2) is 7.38. The Balaban J connectivity index is 2.72. The van der Waals surface area contributed by atoms with Crippen LogP contribution in [0, 0.1) is 5.92 Å². The van der Waals surface area contributed by atoms with Crippen molar-refractivity contribution < 1.29 is 4.74 Å². The topological polar surface area (TPSA) is 21.3 Å². The van der Waals surface area contributed by atoms with Crippen molar-refractivity contribution in [2.75, 3.05) is 13.7 Å². The normalized spacial score (nSPS) is 31.4. The number of unbranched alkanes of at least 4 members (excludes halogenated alkanes) is 1. The second-order valence-corrected chi connectivity index (χ2v) is 5.68. The molecule has 0 aromatic heterocycles. The maximum absolute atomic E-state index is 6.23. The molecule has 102 valence electrons. The summed E-state index contributed by atoms with van der Waals surface area (Å²) >= 11 is 0. The summed E-state index contributed by atoms with van der Waals surface area (Å²) in [5.74, 6) is 0.813. The Labute approximate surface area is 108 Å². The molecule has 2 nitrogen and oxygen atoms in total. The molecule has 1 aliphatic carbocycles. The largest absolute Gasteiger partial charge is 0.374 e. The van der Waals surface area contributed by atoms with E-state index in [0.717, 1.165) is 12.5 Å². The predicted octanol–water partition coefficient (Wildman–Crippen LogP) is 3.75. The van der Waals surface area contributed by atoms with Crippen LogP contribution in [0.3, 0.4) is 0 Å². The van der Waals surface area contributed by atoms with Crippen molar-refractivity contribution in [2.24, 2.45) is 5.92 Å². The van der Waals surface area contributed by atoms with Crippen molar-refractivity contribution in [2.45, 2.75) is 77.4 Å². The van der Waals surface area contributed by atoms with Crippen molar-refractivity contribution in [3.8, 4) is 0 Å². The number of hydrogen-bond donors (Lipinski definition) is 1. The Morgan fingerprint density at radius 3 is 2.71 bits per heavy atom. The monoisotopic (exact) mass is 241 g/mol. The third-order valence-electron chi connectivity index (χ3n) is 4.25. The average molecular weight is 241 g/mol. The van der Waals surface area contributed by atoms with Gasteiger partial charge < -0.3 is 10.1 Å². The molecule has 1 rings (SSSR count). The SMILES string of the molecule is CCCCC(NC)C1(OCC)CCCC(C)C1. The molecule has 1 fully saturated rings. The van der Waals surface area contributed by atoms with Gasteiger partial charge in [0.1, 0.15) is 0 Å². The smallest absolute Gasteiger partial charge is 0.0837 e. The van der Waals surface area contributed by atoms with Crippen LogP contribution in [0.25, 0.3) is 0 Å². The van der Waals surface area contributed by atoms with Gasteiger partial charge in [-0.25, -0.2) is 0 Å². The van der Waals surface area contributed by atoms with Crippen LogP contribution in [0.2, 0.25) is 0 Å². The van der Waals surface area contributed by atoms with Crippen molar-refractivity contribution in [3.63, 3.8) is 0 Å². The minimum atomic E-state index is 0.107. The average Bonchev–Trinajstić information content (AvgIpc) is 2.30. The zero-order valence-corrected chi connectivity index (χ0v) is 12.2. The first-order chi connectivity index (χ1) is 8.18. The van der Waals surface area contributed by atoms with Gasteiger partial charge in [0.15, 0.2) is 0 Å². The fourth-order valence-corrected chi connectivity index (χ4v) is 3.46. The highest BCUT2D eigenvalue weighted by Gasteiger charge is 2.41. The summed E-state index contributed by atoms with van der Waals surface area (Å²) in [5.41, 5.74) is 0.107. The van der Waals surface area contributed by atoms with Crippen LogP contribution >= 0.6 is 0 Å². The molecule has 1 aliphatic rings. The highest BCUT2D eigenvalue weighted by molar-refractivity contribution is 4.96. The number of hydrogen-bond acceptors (Lipinski definition) is 2. The third-order valence-corrected chi connectivity index (χ3v) is 4.25. The van der Waals surface area contributed by atoms with Gasteiger partial charge in [-0.15, -0.1) is 0 Å². The van der Waals surface area contributed by atoms with Crippen molar-refractivity contribution in [3.05, 3.63) is 0 Å². The lowest BCUT2D eigenvalue weighted by atomic mass is 9.73. The van der Waals surface area contributed by atoms with Crippen LogP contribution in [-0.2, 0) is 4.74 Å². The molecule has 0 amide bonds. The van der Waals surface area contributed by atoms with Gasteiger partial charge in [-0.3, -0.25) is 0 Å². The minimum Gasteiger partial charge on any atom is -0.374 e. The van der Waals surface area contributed by atoms with Gasteiger partial charge in [0, 0.05) is 12.6 Å². The fourth-order valence-electron chi connectivity index (χ4n) is 3.46. The van der Waals surface area contributed by atoms with E-state index in [1.54, 1.807) is 0 Å². The van der Waals surface area contributed by atoms with E-state index < -0.39 is 0 Å². The Bertz CT molecular complexity index is 203. The van der Waals surface area contributed by atoms with E-state index in [1.807, 2.05) is 0 Å². The predicted molar refractivity (Wildman–Crippen MR) is 74.4 cm³/mol. The molecule has 2 heteroatoms. The van der Waals surface area contributed by atoms with Crippen LogP contribution in [0.1, 0.15) is 65.7 Å². The molecule has 0 spiro atoms. The summed E-state index contributed by atoms with van der Waals surface area (Å²) in [6.45, 7) is 7.62. The van der Waals surface area contributed by atoms with E-state index in [9.17, 15) is 0 Å². The van der Waals surface area contributed by atoms with Gasteiger partial charge in [0.25, 0.3) is 0 Å². The lowest BCUT2D eigenvalue weighted by Crippen LogP contribution is -2.54. The molecule has 1 N–H and O–H groups in total. The molecule has 1 saturated carbocycles. The molecule has 3 atom stereocenters. The van der Waals surface area contributed by atoms with Gasteiger partial charge >= 0.3 is 0 Å². The Morgan fingerprint density at radius 2 is 2.18 bits per heavy atom. The molecule has 3 unspecified atom stereocenters. The fraction of sp³-hybridized carbons (Fsp3) is 1.00. The Hall–Kier alpha value is -0.0800. The van der Waals surface area contributed by atoms with E-state index in [2.05, 4.69) is 33.1 Å². The third kappa shape index (κ3) is 3.96.